The molecule has 2 aromatic carbocycles. The fraction of sp³-hybridized carbons (Fsp3) is 0.200. The fourth-order valence-electron chi connectivity index (χ4n) is 2.00. The first-order chi connectivity index (χ1) is 9.90. The number of phenolic OH excluding ortho intramolecular Hbond substituents is 1. The summed E-state index contributed by atoms with van der Waals surface area (Å²) >= 11 is 0. The Hall–Kier alpha value is -2.21. The van der Waals surface area contributed by atoms with Crippen LogP contribution in [0.15, 0.2) is 46.2 Å². The molecule has 0 saturated carbocycles. The predicted molar refractivity (Wildman–Crippen MR) is 80.3 cm³/mol. The smallest absolute Gasteiger partial charge is 0.206 e. The summed E-state index contributed by atoms with van der Waals surface area (Å²) in [6.45, 7) is 1.82. The summed E-state index contributed by atoms with van der Waals surface area (Å²) in [6, 6.07) is 8.83. The highest BCUT2D eigenvalue weighted by Crippen LogP contribution is 2.32. The lowest BCUT2D eigenvalue weighted by Crippen LogP contribution is -2.04. The Morgan fingerprint density at radius 3 is 2.29 bits per heavy atom. The lowest BCUT2D eigenvalue weighted by atomic mass is 10.1. The van der Waals surface area contributed by atoms with Crippen LogP contribution in [0.25, 0.3) is 0 Å². The molecule has 0 saturated heterocycles. The van der Waals surface area contributed by atoms with Gasteiger partial charge in [-0.25, -0.2) is 8.42 Å². The zero-order valence-electron chi connectivity index (χ0n) is 11.8. The van der Waals surface area contributed by atoms with Crippen LogP contribution in [0.1, 0.15) is 12.5 Å². The Labute approximate surface area is 123 Å². The van der Waals surface area contributed by atoms with Crippen molar-refractivity contribution >= 4 is 15.5 Å². The van der Waals surface area contributed by atoms with E-state index >= 15 is 0 Å². The quantitative estimate of drug-likeness (QED) is 0.668. The van der Waals surface area contributed by atoms with Gasteiger partial charge in [-0.15, -0.1) is 0 Å². The van der Waals surface area contributed by atoms with Crippen LogP contribution in [0, 0.1) is 0 Å². The Morgan fingerprint density at radius 2 is 1.76 bits per heavy atom. The molecule has 21 heavy (non-hydrogen) atoms. The molecule has 0 aliphatic heterocycles. The van der Waals surface area contributed by atoms with E-state index in [1.807, 2.05) is 6.92 Å². The highest BCUT2D eigenvalue weighted by molar-refractivity contribution is 7.91. The fourth-order valence-corrected chi connectivity index (χ4v) is 3.35. The number of aromatic hydroxyl groups is 1. The van der Waals surface area contributed by atoms with Crippen molar-refractivity contribution in [1.82, 2.24) is 0 Å². The van der Waals surface area contributed by atoms with Gasteiger partial charge in [0.2, 0.25) is 9.84 Å². The van der Waals surface area contributed by atoms with Crippen LogP contribution < -0.4 is 10.5 Å². The first kappa shape index (κ1) is 15.2. The number of nitrogen functional groups attached to an aromatic ring is 1. The van der Waals surface area contributed by atoms with Crippen molar-refractivity contribution in [3.05, 3.63) is 42.0 Å². The van der Waals surface area contributed by atoms with Gasteiger partial charge in [-0.05, 0) is 48.4 Å². The average Bonchev–Trinajstić information content (AvgIpc) is 2.49. The third kappa shape index (κ3) is 2.80. The van der Waals surface area contributed by atoms with E-state index in [9.17, 15) is 13.5 Å². The van der Waals surface area contributed by atoms with Crippen molar-refractivity contribution in [2.45, 2.75) is 23.1 Å². The Kier molecular flexibility index (Phi) is 4.09. The minimum absolute atomic E-state index is 0.0569. The van der Waals surface area contributed by atoms with E-state index in [1.54, 1.807) is 12.1 Å². The number of rotatable bonds is 4. The second-order valence-electron chi connectivity index (χ2n) is 4.55. The highest BCUT2D eigenvalue weighted by Gasteiger charge is 2.20. The molecule has 0 radical (unpaired) electrons. The van der Waals surface area contributed by atoms with E-state index in [-0.39, 0.29) is 21.2 Å². The largest absolute Gasteiger partial charge is 0.506 e. The minimum atomic E-state index is -3.68. The van der Waals surface area contributed by atoms with Crippen molar-refractivity contribution in [3.63, 3.8) is 0 Å². The van der Waals surface area contributed by atoms with Crippen molar-refractivity contribution in [2.24, 2.45) is 0 Å². The zero-order chi connectivity index (χ0) is 15.6. The first-order valence-corrected chi connectivity index (χ1v) is 7.89. The van der Waals surface area contributed by atoms with E-state index in [0.29, 0.717) is 17.7 Å². The number of nitrogens with two attached hydrogens (primary N) is 1. The summed E-state index contributed by atoms with van der Waals surface area (Å²) < 4.78 is 30.2. The van der Waals surface area contributed by atoms with Gasteiger partial charge >= 0.3 is 0 Å². The maximum absolute atomic E-state index is 12.6. The van der Waals surface area contributed by atoms with Gasteiger partial charge < -0.3 is 15.6 Å². The maximum Gasteiger partial charge on any atom is 0.206 e. The number of aryl methyl sites for hydroxylation is 1. The van der Waals surface area contributed by atoms with Crippen LogP contribution in [-0.2, 0) is 16.3 Å². The molecule has 0 spiro atoms. The zero-order valence-corrected chi connectivity index (χ0v) is 12.6. The van der Waals surface area contributed by atoms with E-state index in [1.165, 1.54) is 31.4 Å². The average molecular weight is 307 g/mol. The van der Waals surface area contributed by atoms with E-state index in [0.717, 1.165) is 0 Å². The SMILES string of the molecule is CCc1cc(S(=O)(=O)c2ccc(OC)cc2)cc(N)c1O. The number of sulfone groups is 1. The Morgan fingerprint density at radius 1 is 1.14 bits per heavy atom. The molecular formula is C15H17NO4S. The number of ether oxygens (including phenoxy) is 1. The van der Waals surface area contributed by atoms with Crippen molar-refractivity contribution in [2.75, 3.05) is 12.8 Å². The normalized spacial score (nSPS) is 11.3. The van der Waals surface area contributed by atoms with Crippen molar-refractivity contribution in [1.29, 1.82) is 0 Å². The lowest BCUT2D eigenvalue weighted by Gasteiger charge is -2.10. The molecule has 0 heterocycles. The molecule has 0 amide bonds. The molecule has 2 rings (SSSR count). The molecule has 0 atom stereocenters. The number of methoxy groups -OCH3 is 1. The number of hydrogen-bond acceptors (Lipinski definition) is 5. The summed E-state index contributed by atoms with van der Waals surface area (Å²) in [5, 5.41) is 9.79. The van der Waals surface area contributed by atoms with Gasteiger partial charge in [-0.2, -0.15) is 0 Å². The molecule has 0 aromatic heterocycles. The second kappa shape index (κ2) is 5.65. The van der Waals surface area contributed by atoms with Crippen LogP contribution >= 0.6 is 0 Å². The summed E-state index contributed by atoms with van der Waals surface area (Å²) in [7, 11) is -2.17. The van der Waals surface area contributed by atoms with Crippen LogP contribution in [0.3, 0.4) is 0 Å². The number of anilines is 1. The van der Waals surface area contributed by atoms with Crippen LogP contribution in [0.5, 0.6) is 11.5 Å². The molecule has 0 aliphatic rings. The predicted octanol–water partition coefficient (Wildman–Crippen LogP) is 2.38. The van der Waals surface area contributed by atoms with E-state index < -0.39 is 9.84 Å². The Bertz CT molecular complexity index is 752. The Balaban J connectivity index is 2.55. The molecule has 0 unspecified atom stereocenters. The van der Waals surface area contributed by atoms with Gasteiger partial charge in [0, 0.05) is 0 Å². The third-order valence-corrected chi connectivity index (χ3v) is 5.00. The van der Waals surface area contributed by atoms with Crippen LogP contribution in [0.4, 0.5) is 5.69 Å². The van der Waals surface area contributed by atoms with Gasteiger partial charge in [0.25, 0.3) is 0 Å². The van der Waals surface area contributed by atoms with Gasteiger partial charge in [0.15, 0.2) is 0 Å². The standard InChI is InChI=1S/C15H17NO4S/c1-3-10-8-13(9-14(16)15(10)17)21(18,19)12-6-4-11(20-2)5-7-12/h4-9,17H,3,16H2,1-2H3. The number of phenols is 1. The molecular weight excluding hydrogens is 290 g/mol. The summed E-state index contributed by atoms with van der Waals surface area (Å²) in [5.41, 5.74) is 6.24. The van der Waals surface area contributed by atoms with Gasteiger partial charge in [-0.3, -0.25) is 0 Å². The lowest BCUT2D eigenvalue weighted by molar-refractivity contribution is 0.414. The van der Waals surface area contributed by atoms with Crippen LogP contribution in [-0.4, -0.2) is 20.6 Å². The molecule has 0 fully saturated rings. The van der Waals surface area contributed by atoms with E-state index in [2.05, 4.69) is 0 Å². The number of hydrogen-bond donors (Lipinski definition) is 2. The van der Waals surface area contributed by atoms with Gasteiger partial charge in [0.1, 0.15) is 11.5 Å². The first-order valence-electron chi connectivity index (χ1n) is 6.40. The summed E-state index contributed by atoms with van der Waals surface area (Å²) in [4.78, 5) is 0.218. The number of benzene rings is 2. The van der Waals surface area contributed by atoms with Gasteiger partial charge in [-0.1, -0.05) is 6.92 Å². The molecule has 3 N–H and O–H groups in total. The summed E-state index contributed by atoms with van der Waals surface area (Å²) in [6.07, 6.45) is 0.488. The topological polar surface area (TPSA) is 89.6 Å². The highest BCUT2D eigenvalue weighted by atomic mass is 32.2. The minimum Gasteiger partial charge on any atom is -0.506 e. The van der Waals surface area contributed by atoms with Crippen LogP contribution in [0.2, 0.25) is 0 Å². The van der Waals surface area contributed by atoms with Gasteiger partial charge in [0.05, 0.1) is 22.6 Å². The van der Waals surface area contributed by atoms with Crippen molar-refractivity contribution in [3.8, 4) is 11.5 Å². The molecule has 0 aliphatic carbocycles. The van der Waals surface area contributed by atoms with Crippen molar-refractivity contribution < 1.29 is 18.3 Å². The third-order valence-electron chi connectivity index (χ3n) is 3.25. The second-order valence-corrected chi connectivity index (χ2v) is 6.50. The maximum atomic E-state index is 12.6. The molecule has 6 heteroatoms. The molecule has 5 nitrogen and oxygen atoms in total. The summed E-state index contributed by atoms with van der Waals surface area (Å²) in [5.74, 6) is 0.514. The van der Waals surface area contributed by atoms with E-state index in [4.69, 9.17) is 10.5 Å². The molecule has 112 valence electrons. The molecule has 0 bridgehead atoms. The monoisotopic (exact) mass is 307 g/mol. The molecule has 2 aromatic rings.